The predicted octanol–water partition coefficient (Wildman–Crippen LogP) is 3.23. The molecule has 1 unspecified atom stereocenters. The number of nitrogens with one attached hydrogen (secondary N) is 2. The van der Waals surface area contributed by atoms with E-state index in [1.165, 1.54) is 13.4 Å². The van der Waals surface area contributed by atoms with Crippen molar-refractivity contribution in [1.82, 2.24) is 15.1 Å². The van der Waals surface area contributed by atoms with Crippen molar-refractivity contribution in [2.24, 2.45) is 0 Å². The zero-order chi connectivity index (χ0) is 21.6. The third-order valence-electron chi connectivity index (χ3n) is 5.18. The Morgan fingerprint density at radius 3 is 2.81 bits per heavy atom. The largest absolute Gasteiger partial charge is 0.504 e. The topological polar surface area (TPSA) is 85.2 Å². The lowest BCUT2D eigenvalue weighted by atomic mass is 10.1. The maximum Gasteiger partial charge on any atom is 0.273 e. The van der Waals surface area contributed by atoms with Crippen molar-refractivity contribution in [1.29, 1.82) is 0 Å². The Kier molecular flexibility index (Phi) is 6.12. The number of rotatable bonds is 6. The van der Waals surface area contributed by atoms with Crippen LogP contribution >= 0.6 is 0 Å². The Morgan fingerprint density at radius 2 is 2.00 bits per heavy atom. The van der Waals surface area contributed by atoms with Gasteiger partial charge in [-0.05, 0) is 36.1 Å². The Hall–Kier alpha value is -3.87. The zero-order valence-electron chi connectivity index (χ0n) is 17.2. The third-order valence-corrected chi connectivity index (χ3v) is 5.18. The summed E-state index contributed by atoms with van der Waals surface area (Å²) in [6, 6.07) is 16.9. The first kappa shape index (κ1) is 20.4. The number of amides is 2. The maximum atomic E-state index is 13.1. The predicted molar refractivity (Wildman–Crippen MR) is 118 cm³/mol. The quantitative estimate of drug-likeness (QED) is 0.604. The van der Waals surface area contributed by atoms with Crippen LogP contribution in [0.3, 0.4) is 0 Å². The number of aryl methyl sites for hydroxylation is 1. The standard InChI is InChI=1S/C24H24N4O3/c1-31-14-13-19-16-28(15-17-7-3-2-4-8-17)27-22(19)24(30)26-21-12-11-18-9-5-6-10-20(18)25-23(21)29/h2-10,13-14,16,21H,11-12,15H2,1H3,(H,25,29)(H,26,30)/b14-13+. The highest BCUT2D eigenvalue weighted by Crippen LogP contribution is 2.22. The molecule has 0 saturated carbocycles. The number of hydrogen-bond acceptors (Lipinski definition) is 4. The van der Waals surface area contributed by atoms with E-state index in [2.05, 4.69) is 15.7 Å². The van der Waals surface area contributed by atoms with Crippen molar-refractivity contribution in [2.75, 3.05) is 12.4 Å². The van der Waals surface area contributed by atoms with Crippen molar-refractivity contribution in [3.63, 3.8) is 0 Å². The molecule has 31 heavy (non-hydrogen) atoms. The van der Waals surface area contributed by atoms with Crippen LogP contribution in [0.25, 0.3) is 6.08 Å². The molecule has 3 aromatic rings. The molecule has 4 rings (SSSR count). The normalized spacial score (nSPS) is 15.8. The molecule has 0 saturated heterocycles. The molecule has 2 aromatic carbocycles. The number of benzene rings is 2. The average molecular weight is 416 g/mol. The van der Waals surface area contributed by atoms with E-state index in [4.69, 9.17) is 4.74 Å². The molecule has 0 aliphatic carbocycles. The molecule has 158 valence electrons. The van der Waals surface area contributed by atoms with Crippen LogP contribution in [0.1, 0.15) is 33.6 Å². The molecule has 1 atom stereocenters. The van der Waals surface area contributed by atoms with Crippen molar-refractivity contribution in [3.8, 4) is 0 Å². The number of methoxy groups -OCH3 is 1. The summed E-state index contributed by atoms with van der Waals surface area (Å²) in [6.07, 6.45) is 6.18. The number of ether oxygens (including phenoxy) is 1. The highest BCUT2D eigenvalue weighted by Gasteiger charge is 2.27. The van der Waals surface area contributed by atoms with Gasteiger partial charge in [-0.15, -0.1) is 0 Å². The van der Waals surface area contributed by atoms with E-state index in [-0.39, 0.29) is 11.6 Å². The first-order valence-electron chi connectivity index (χ1n) is 10.1. The average Bonchev–Trinajstić information content (AvgIpc) is 3.11. The summed E-state index contributed by atoms with van der Waals surface area (Å²) in [6.45, 7) is 0.529. The van der Waals surface area contributed by atoms with Crippen LogP contribution in [0.4, 0.5) is 5.69 Å². The minimum absolute atomic E-state index is 0.226. The number of para-hydroxylation sites is 1. The lowest BCUT2D eigenvalue weighted by Crippen LogP contribution is -2.43. The number of anilines is 1. The first-order chi connectivity index (χ1) is 15.1. The number of hydrogen-bond donors (Lipinski definition) is 2. The highest BCUT2D eigenvalue weighted by molar-refractivity contribution is 6.02. The van der Waals surface area contributed by atoms with E-state index in [1.54, 1.807) is 17.0 Å². The molecule has 2 N–H and O–H groups in total. The van der Waals surface area contributed by atoms with Gasteiger partial charge in [0, 0.05) is 17.4 Å². The molecule has 1 aliphatic heterocycles. The van der Waals surface area contributed by atoms with Gasteiger partial charge in [0.25, 0.3) is 5.91 Å². The van der Waals surface area contributed by atoms with Gasteiger partial charge in [0.2, 0.25) is 5.91 Å². The van der Waals surface area contributed by atoms with Gasteiger partial charge in [0.1, 0.15) is 6.04 Å². The molecule has 2 heterocycles. The Balaban J connectivity index is 1.53. The molecule has 0 bridgehead atoms. The molecule has 2 amide bonds. The Morgan fingerprint density at radius 1 is 1.23 bits per heavy atom. The fourth-order valence-corrected chi connectivity index (χ4v) is 3.60. The second-order valence-electron chi connectivity index (χ2n) is 7.37. The molecule has 0 radical (unpaired) electrons. The van der Waals surface area contributed by atoms with Gasteiger partial charge in [-0.2, -0.15) is 5.10 Å². The van der Waals surface area contributed by atoms with Gasteiger partial charge >= 0.3 is 0 Å². The smallest absolute Gasteiger partial charge is 0.273 e. The molecular formula is C24H24N4O3. The van der Waals surface area contributed by atoms with Crippen molar-refractivity contribution < 1.29 is 14.3 Å². The molecule has 1 aromatic heterocycles. The van der Waals surface area contributed by atoms with E-state index in [0.29, 0.717) is 24.9 Å². The highest BCUT2D eigenvalue weighted by atomic mass is 16.5. The van der Waals surface area contributed by atoms with E-state index in [9.17, 15) is 9.59 Å². The third kappa shape index (κ3) is 4.83. The van der Waals surface area contributed by atoms with Gasteiger partial charge in [-0.25, -0.2) is 0 Å². The van der Waals surface area contributed by atoms with E-state index in [1.807, 2.05) is 54.6 Å². The fraction of sp³-hybridized carbons (Fsp3) is 0.208. The monoisotopic (exact) mass is 416 g/mol. The van der Waals surface area contributed by atoms with Crippen LogP contribution < -0.4 is 10.6 Å². The number of carbonyl (C=O) groups is 2. The molecule has 1 aliphatic rings. The Bertz CT molecular complexity index is 1110. The van der Waals surface area contributed by atoms with Crippen LogP contribution in [0.15, 0.2) is 67.1 Å². The number of aromatic nitrogens is 2. The zero-order valence-corrected chi connectivity index (χ0v) is 17.2. The lowest BCUT2D eigenvalue weighted by Gasteiger charge is -2.14. The first-order valence-corrected chi connectivity index (χ1v) is 10.1. The maximum absolute atomic E-state index is 13.1. The van der Waals surface area contributed by atoms with Crippen molar-refractivity contribution in [2.45, 2.75) is 25.4 Å². The van der Waals surface area contributed by atoms with Gasteiger partial charge in [-0.3, -0.25) is 14.3 Å². The van der Waals surface area contributed by atoms with Gasteiger partial charge < -0.3 is 15.4 Å². The van der Waals surface area contributed by atoms with Crippen LogP contribution in [-0.4, -0.2) is 34.7 Å². The lowest BCUT2D eigenvalue weighted by molar-refractivity contribution is -0.118. The summed E-state index contributed by atoms with van der Waals surface area (Å²) in [5.74, 6) is -0.621. The number of fused-ring (bicyclic) bond motifs is 1. The summed E-state index contributed by atoms with van der Waals surface area (Å²) in [4.78, 5) is 25.7. The van der Waals surface area contributed by atoms with Crippen molar-refractivity contribution >= 4 is 23.6 Å². The minimum Gasteiger partial charge on any atom is -0.504 e. The fourth-order valence-electron chi connectivity index (χ4n) is 3.60. The van der Waals surface area contributed by atoms with E-state index < -0.39 is 11.9 Å². The van der Waals surface area contributed by atoms with Gasteiger partial charge in [-0.1, -0.05) is 48.5 Å². The van der Waals surface area contributed by atoms with Crippen LogP contribution in [0, 0.1) is 0 Å². The van der Waals surface area contributed by atoms with Gasteiger partial charge in [0.05, 0.1) is 19.9 Å². The van der Waals surface area contributed by atoms with E-state index >= 15 is 0 Å². The molecule has 7 nitrogen and oxygen atoms in total. The van der Waals surface area contributed by atoms with Crippen LogP contribution in [0.2, 0.25) is 0 Å². The summed E-state index contributed by atoms with van der Waals surface area (Å²) in [5, 5.41) is 10.2. The summed E-state index contributed by atoms with van der Waals surface area (Å²) in [5.41, 5.74) is 3.79. The second kappa shape index (κ2) is 9.30. The van der Waals surface area contributed by atoms with Crippen LogP contribution in [-0.2, 0) is 22.5 Å². The minimum atomic E-state index is -0.640. The summed E-state index contributed by atoms with van der Waals surface area (Å²) < 4.78 is 6.72. The SMILES string of the molecule is CO/C=C/c1cn(Cc2ccccc2)nc1C(=O)NC1CCc2ccccc2NC1=O. The molecule has 0 spiro atoms. The molecule has 7 heteroatoms. The number of nitrogens with zero attached hydrogens (tertiary/aromatic N) is 2. The second-order valence-corrected chi connectivity index (χ2v) is 7.37. The van der Waals surface area contributed by atoms with Crippen LogP contribution in [0.5, 0.6) is 0 Å². The van der Waals surface area contributed by atoms with Gasteiger partial charge in [0.15, 0.2) is 5.69 Å². The summed E-state index contributed by atoms with van der Waals surface area (Å²) in [7, 11) is 1.54. The molecule has 0 fully saturated rings. The summed E-state index contributed by atoms with van der Waals surface area (Å²) >= 11 is 0. The van der Waals surface area contributed by atoms with E-state index in [0.717, 1.165) is 16.8 Å². The molecular weight excluding hydrogens is 392 g/mol. The van der Waals surface area contributed by atoms with Crippen molar-refractivity contribution in [3.05, 3.63) is 89.4 Å². The number of carbonyl (C=O) groups excluding carboxylic acids is 2. The Labute approximate surface area is 180 Å².